The molecule has 0 bridgehead atoms. The van der Waals surface area contributed by atoms with Crippen LogP contribution in [-0.2, 0) is 16.6 Å². The monoisotopic (exact) mass is 471 g/mol. The van der Waals surface area contributed by atoms with Gasteiger partial charge in [-0.2, -0.15) is 0 Å². The van der Waals surface area contributed by atoms with Crippen LogP contribution in [0.2, 0.25) is 5.02 Å². The molecule has 0 aliphatic heterocycles. The fourth-order valence-electron chi connectivity index (χ4n) is 4.22. The summed E-state index contributed by atoms with van der Waals surface area (Å²) in [6, 6.07) is 32.7. The first-order valence-corrected chi connectivity index (χ1v) is 11.3. The lowest BCUT2D eigenvalue weighted by atomic mass is 9.69. The molecule has 34 heavy (non-hydrogen) atoms. The van der Waals surface area contributed by atoms with Crippen molar-refractivity contribution >= 4 is 23.2 Å². The van der Waals surface area contributed by atoms with E-state index in [1.807, 2.05) is 91.0 Å². The van der Waals surface area contributed by atoms with E-state index in [-0.39, 0.29) is 5.91 Å². The molecule has 1 amide bonds. The van der Waals surface area contributed by atoms with Crippen LogP contribution in [0.25, 0.3) is 0 Å². The molecule has 0 saturated carbocycles. The minimum absolute atomic E-state index is 0.146. The van der Waals surface area contributed by atoms with E-state index in [2.05, 4.69) is 5.32 Å². The van der Waals surface area contributed by atoms with Gasteiger partial charge in [-0.1, -0.05) is 84.4 Å². The van der Waals surface area contributed by atoms with Crippen molar-refractivity contribution in [1.29, 1.82) is 0 Å². The molecule has 0 spiro atoms. The van der Waals surface area contributed by atoms with Crippen LogP contribution in [0.3, 0.4) is 0 Å². The summed E-state index contributed by atoms with van der Waals surface area (Å²) in [6.07, 6.45) is 0.456. The summed E-state index contributed by atoms with van der Waals surface area (Å²) in [7, 11) is 3.15. The molecule has 0 aromatic heterocycles. The third kappa shape index (κ3) is 4.78. The molecular weight excluding hydrogens is 446 g/mol. The molecule has 0 unspecified atom stereocenters. The first-order valence-electron chi connectivity index (χ1n) is 11.0. The normalized spacial score (nSPS) is 11.0. The lowest BCUT2D eigenvalue weighted by Crippen LogP contribution is -2.43. The van der Waals surface area contributed by atoms with Crippen LogP contribution in [0.15, 0.2) is 103 Å². The molecule has 0 radical (unpaired) electrons. The number of halogens is 1. The van der Waals surface area contributed by atoms with Crippen LogP contribution in [0.1, 0.15) is 16.7 Å². The Bertz CT molecular complexity index is 1200. The van der Waals surface area contributed by atoms with Crippen LogP contribution >= 0.6 is 11.6 Å². The molecule has 0 aliphatic rings. The van der Waals surface area contributed by atoms with E-state index in [1.165, 1.54) is 0 Å². The highest BCUT2D eigenvalue weighted by Crippen LogP contribution is 2.38. The molecule has 0 saturated heterocycles. The van der Waals surface area contributed by atoms with Crippen molar-refractivity contribution in [3.63, 3.8) is 0 Å². The van der Waals surface area contributed by atoms with E-state index >= 15 is 0 Å². The van der Waals surface area contributed by atoms with Gasteiger partial charge in [0.05, 0.1) is 14.2 Å². The van der Waals surface area contributed by atoms with Gasteiger partial charge < -0.3 is 14.8 Å². The maximum Gasteiger partial charge on any atom is 0.239 e. The van der Waals surface area contributed by atoms with E-state index in [0.717, 1.165) is 16.7 Å². The van der Waals surface area contributed by atoms with Gasteiger partial charge >= 0.3 is 0 Å². The number of anilines is 1. The van der Waals surface area contributed by atoms with Crippen molar-refractivity contribution in [2.24, 2.45) is 0 Å². The number of ether oxygens (including phenoxy) is 2. The highest BCUT2D eigenvalue weighted by atomic mass is 35.5. The van der Waals surface area contributed by atoms with Crippen molar-refractivity contribution in [2.45, 2.75) is 11.8 Å². The van der Waals surface area contributed by atoms with Crippen molar-refractivity contribution in [2.75, 3.05) is 19.5 Å². The molecule has 0 heterocycles. The summed E-state index contributed by atoms with van der Waals surface area (Å²) in [6.45, 7) is 0. The Hall–Kier alpha value is -3.76. The maximum atomic E-state index is 14.3. The SMILES string of the molecule is COc1ccc(NC(=O)C(Cc2ccc(Cl)cc2)(c2ccccc2)c2ccccc2)cc1OC. The predicted octanol–water partition coefficient (Wildman–Crippen LogP) is 6.52. The molecule has 5 heteroatoms. The molecule has 4 rings (SSSR count). The Morgan fingerprint density at radius 1 is 0.765 bits per heavy atom. The van der Waals surface area contributed by atoms with Crippen LogP contribution in [0.4, 0.5) is 5.69 Å². The van der Waals surface area contributed by atoms with E-state index in [4.69, 9.17) is 21.1 Å². The molecular formula is C29H26ClNO3. The van der Waals surface area contributed by atoms with Gasteiger partial charge in [0.15, 0.2) is 11.5 Å². The standard InChI is InChI=1S/C29H26ClNO3/c1-33-26-18-17-25(19-27(26)34-2)31-28(32)29(22-9-5-3-6-10-22,23-11-7-4-8-12-23)20-21-13-15-24(30)16-14-21/h3-19H,20H2,1-2H3,(H,31,32). The van der Waals surface area contributed by atoms with Crippen molar-refractivity contribution in [3.05, 3.63) is 125 Å². The Morgan fingerprint density at radius 2 is 1.32 bits per heavy atom. The molecule has 0 fully saturated rings. The zero-order chi connectivity index (χ0) is 24.0. The first-order chi connectivity index (χ1) is 16.6. The van der Waals surface area contributed by atoms with Gasteiger partial charge in [0.2, 0.25) is 5.91 Å². The van der Waals surface area contributed by atoms with Gasteiger partial charge in [-0.25, -0.2) is 0 Å². The largest absolute Gasteiger partial charge is 0.493 e. The van der Waals surface area contributed by atoms with E-state index < -0.39 is 5.41 Å². The summed E-state index contributed by atoms with van der Waals surface area (Å²) in [4.78, 5) is 14.3. The number of hydrogen-bond donors (Lipinski definition) is 1. The zero-order valence-corrected chi connectivity index (χ0v) is 19.9. The van der Waals surface area contributed by atoms with Crippen molar-refractivity contribution < 1.29 is 14.3 Å². The predicted molar refractivity (Wildman–Crippen MR) is 137 cm³/mol. The average molecular weight is 472 g/mol. The Balaban J connectivity index is 1.85. The quantitative estimate of drug-likeness (QED) is 0.318. The van der Waals surface area contributed by atoms with Gasteiger partial charge in [-0.05, 0) is 47.4 Å². The number of carbonyl (C=O) groups excluding carboxylic acids is 1. The Morgan fingerprint density at radius 3 is 1.85 bits per heavy atom. The lowest BCUT2D eigenvalue weighted by Gasteiger charge is -2.34. The fourth-order valence-corrected chi connectivity index (χ4v) is 4.34. The van der Waals surface area contributed by atoms with Crippen molar-refractivity contribution in [3.8, 4) is 11.5 Å². The highest BCUT2D eigenvalue weighted by Gasteiger charge is 2.42. The number of carbonyl (C=O) groups is 1. The second-order valence-electron chi connectivity index (χ2n) is 7.96. The smallest absolute Gasteiger partial charge is 0.239 e. The second-order valence-corrected chi connectivity index (χ2v) is 8.40. The molecule has 0 aliphatic carbocycles. The van der Waals surface area contributed by atoms with Gasteiger partial charge in [0, 0.05) is 16.8 Å². The maximum absolute atomic E-state index is 14.3. The van der Waals surface area contributed by atoms with Crippen LogP contribution < -0.4 is 14.8 Å². The average Bonchev–Trinajstić information content (AvgIpc) is 2.89. The number of nitrogens with one attached hydrogen (secondary N) is 1. The molecule has 1 N–H and O–H groups in total. The zero-order valence-electron chi connectivity index (χ0n) is 19.1. The van der Waals surface area contributed by atoms with Gasteiger partial charge in [0.1, 0.15) is 5.41 Å². The lowest BCUT2D eigenvalue weighted by molar-refractivity contribution is -0.120. The van der Waals surface area contributed by atoms with Crippen LogP contribution in [0.5, 0.6) is 11.5 Å². The number of amides is 1. The topological polar surface area (TPSA) is 47.6 Å². The summed E-state index contributed by atoms with van der Waals surface area (Å²) >= 11 is 6.14. The van der Waals surface area contributed by atoms with E-state index in [1.54, 1.807) is 26.4 Å². The summed E-state index contributed by atoms with van der Waals surface area (Å²) < 4.78 is 10.8. The Kier molecular flexibility index (Phi) is 7.19. The highest BCUT2D eigenvalue weighted by molar-refractivity contribution is 6.30. The van der Waals surface area contributed by atoms with Gasteiger partial charge in [0.25, 0.3) is 0 Å². The van der Waals surface area contributed by atoms with Crippen LogP contribution in [0, 0.1) is 0 Å². The minimum atomic E-state index is -0.983. The number of rotatable bonds is 8. The van der Waals surface area contributed by atoms with Crippen molar-refractivity contribution in [1.82, 2.24) is 0 Å². The third-order valence-corrected chi connectivity index (χ3v) is 6.20. The Labute approximate surface area is 205 Å². The number of hydrogen-bond acceptors (Lipinski definition) is 3. The first kappa shape index (κ1) is 23.4. The fraction of sp³-hybridized carbons (Fsp3) is 0.138. The third-order valence-electron chi connectivity index (χ3n) is 5.94. The van der Waals surface area contributed by atoms with Gasteiger partial charge in [-0.3, -0.25) is 4.79 Å². The van der Waals surface area contributed by atoms with E-state index in [0.29, 0.717) is 28.6 Å². The summed E-state index contributed by atoms with van der Waals surface area (Å²) in [5.74, 6) is 0.995. The molecule has 0 atom stereocenters. The molecule has 4 aromatic rings. The summed E-state index contributed by atoms with van der Waals surface area (Å²) in [5.41, 5.74) is 2.43. The number of methoxy groups -OCH3 is 2. The second kappa shape index (κ2) is 10.4. The number of benzene rings is 4. The molecule has 172 valence electrons. The minimum Gasteiger partial charge on any atom is -0.493 e. The van der Waals surface area contributed by atoms with Crippen LogP contribution in [-0.4, -0.2) is 20.1 Å². The summed E-state index contributed by atoms with van der Waals surface area (Å²) in [5, 5.41) is 3.79. The molecule has 4 aromatic carbocycles. The van der Waals surface area contributed by atoms with Gasteiger partial charge in [-0.15, -0.1) is 0 Å². The van der Waals surface area contributed by atoms with E-state index in [9.17, 15) is 4.79 Å². The molecule has 4 nitrogen and oxygen atoms in total.